The molecule has 0 spiro atoms. The van der Waals surface area contributed by atoms with Gasteiger partial charge in [-0.05, 0) is 19.8 Å². The van der Waals surface area contributed by atoms with Crippen molar-refractivity contribution in [2.45, 2.75) is 57.1 Å². The maximum Gasteiger partial charge on any atom is 0.323 e. The van der Waals surface area contributed by atoms with Crippen molar-refractivity contribution in [3.8, 4) is 0 Å². The van der Waals surface area contributed by atoms with Crippen LogP contribution in [0.4, 0.5) is 0 Å². The van der Waals surface area contributed by atoms with Crippen LogP contribution in [0.15, 0.2) is 0 Å². The fraction of sp³-hybridized carbons (Fsp3) is 0.909. The second-order valence-corrected chi connectivity index (χ2v) is 4.53. The van der Waals surface area contributed by atoms with Gasteiger partial charge in [0.25, 0.3) is 0 Å². The van der Waals surface area contributed by atoms with Crippen LogP contribution in [0.1, 0.15) is 45.4 Å². The van der Waals surface area contributed by atoms with E-state index in [4.69, 9.17) is 0 Å². The first-order chi connectivity index (χ1) is 7.07. The summed E-state index contributed by atoms with van der Waals surface area (Å²) < 4.78 is 0. The number of aliphatic hydroxyl groups is 1. The molecule has 1 saturated carbocycles. The molecule has 1 fully saturated rings. The first-order valence-corrected chi connectivity index (χ1v) is 5.73. The molecule has 0 aromatic rings. The van der Waals surface area contributed by atoms with Gasteiger partial charge in [0, 0.05) is 6.54 Å². The molecule has 0 saturated heterocycles. The van der Waals surface area contributed by atoms with E-state index in [1.165, 1.54) is 0 Å². The molecule has 4 heteroatoms. The zero-order chi connectivity index (χ0) is 11.3. The molecule has 0 bridgehead atoms. The molecule has 0 radical (unpaired) electrons. The maximum atomic E-state index is 11.3. The summed E-state index contributed by atoms with van der Waals surface area (Å²) in [4.78, 5) is 11.3. The van der Waals surface area contributed by atoms with Crippen molar-refractivity contribution in [2.75, 3.05) is 6.54 Å². The molecule has 1 atom stereocenters. The van der Waals surface area contributed by atoms with E-state index in [9.17, 15) is 15.0 Å². The number of carbonyl (C=O) groups is 1. The van der Waals surface area contributed by atoms with E-state index < -0.39 is 17.6 Å². The van der Waals surface area contributed by atoms with Crippen LogP contribution in [0.2, 0.25) is 0 Å². The Morgan fingerprint density at radius 1 is 1.33 bits per heavy atom. The molecule has 15 heavy (non-hydrogen) atoms. The lowest BCUT2D eigenvalue weighted by atomic mass is 9.90. The molecule has 4 nitrogen and oxygen atoms in total. The summed E-state index contributed by atoms with van der Waals surface area (Å²) in [6.07, 6.45) is 5.00. The number of carboxylic acids is 1. The van der Waals surface area contributed by atoms with Gasteiger partial charge in [-0.3, -0.25) is 10.1 Å². The van der Waals surface area contributed by atoms with Gasteiger partial charge in [-0.1, -0.05) is 25.7 Å². The molecule has 0 aromatic heterocycles. The molecule has 0 amide bonds. The first kappa shape index (κ1) is 12.5. The monoisotopic (exact) mass is 215 g/mol. The van der Waals surface area contributed by atoms with Crippen molar-refractivity contribution in [1.82, 2.24) is 5.32 Å². The molecule has 3 N–H and O–H groups in total. The van der Waals surface area contributed by atoms with Gasteiger partial charge in [0.15, 0.2) is 0 Å². The van der Waals surface area contributed by atoms with E-state index in [1.807, 2.05) is 0 Å². The number of β-amino-alcohol motifs (C(OH)–C–C–N with tert-alkyl or cyclic N) is 1. The van der Waals surface area contributed by atoms with Crippen molar-refractivity contribution in [2.24, 2.45) is 0 Å². The summed E-state index contributed by atoms with van der Waals surface area (Å²) in [5.41, 5.74) is -0.798. The first-order valence-electron chi connectivity index (χ1n) is 5.73. The number of rotatable bonds is 4. The van der Waals surface area contributed by atoms with E-state index in [-0.39, 0.29) is 0 Å². The van der Waals surface area contributed by atoms with E-state index in [0.29, 0.717) is 19.4 Å². The smallest absolute Gasteiger partial charge is 0.323 e. The minimum absolute atomic E-state index is 0.353. The van der Waals surface area contributed by atoms with E-state index in [0.717, 1.165) is 25.7 Å². The minimum Gasteiger partial charge on any atom is -0.480 e. The normalized spacial score (nSPS) is 23.1. The van der Waals surface area contributed by atoms with Crippen LogP contribution in [0.3, 0.4) is 0 Å². The highest BCUT2D eigenvalue weighted by molar-refractivity contribution is 5.78. The number of nitrogens with one attached hydrogen (secondary N) is 1. The minimum atomic E-state index is -0.798. The number of hydrogen-bond acceptors (Lipinski definition) is 3. The molecule has 1 unspecified atom stereocenters. The SMILES string of the molecule is CC(O)CNC1(C(=O)O)CCCCCC1. The summed E-state index contributed by atoms with van der Waals surface area (Å²) in [6.45, 7) is 2.02. The summed E-state index contributed by atoms with van der Waals surface area (Å²) in [6, 6.07) is 0. The van der Waals surface area contributed by atoms with Crippen molar-refractivity contribution in [3.05, 3.63) is 0 Å². The third-order valence-corrected chi connectivity index (χ3v) is 3.10. The van der Waals surface area contributed by atoms with Crippen molar-refractivity contribution in [3.63, 3.8) is 0 Å². The van der Waals surface area contributed by atoms with Gasteiger partial charge in [-0.15, -0.1) is 0 Å². The number of hydrogen-bond donors (Lipinski definition) is 3. The molecule has 0 aromatic carbocycles. The van der Waals surface area contributed by atoms with Crippen LogP contribution in [0.25, 0.3) is 0 Å². The Hall–Kier alpha value is -0.610. The Labute approximate surface area is 90.7 Å². The molecule has 88 valence electrons. The lowest BCUT2D eigenvalue weighted by Crippen LogP contribution is -2.53. The Morgan fingerprint density at radius 2 is 1.87 bits per heavy atom. The summed E-state index contributed by atoms with van der Waals surface area (Å²) in [7, 11) is 0. The van der Waals surface area contributed by atoms with Gasteiger partial charge in [0.1, 0.15) is 5.54 Å². The standard InChI is InChI=1S/C11H21NO3/c1-9(13)8-12-11(10(14)15)6-4-2-3-5-7-11/h9,12-13H,2-8H2,1H3,(H,14,15). The van der Waals surface area contributed by atoms with E-state index in [1.54, 1.807) is 6.92 Å². The second-order valence-electron chi connectivity index (χ2n) is 4.53. The Balaban J connectivity index is 2.63. The third kappa shape index (κ3) is 3.47. The fourth-order valence-corrected chi connectivity index (χ4v) is 2.14. The highest BCUT2D eigenvalue weighted by Crippen LogP contribution is 2.27. The van der Waals surface area contributed by atoms with E-state index >= 15 is 0 Å². The zero-order valence-electron chi connectivity index (χ0n) is 9.33. The number of aliphatic carboxylic acids is 1. The maximum absolute atomic E-state index is 11.3. The molecular weight excluding hydrogens is 194 g/mol. The molecule has 1 aliphatic rings. The fourth-order valence-electron chi connectivity index (χ4n) is 2.14. The molecule has 1 rings (SSSR count). The molecule has 0 heterocycles. The van der Waals surface area contributed by atoms with Gasteiger partial charge in [-0.25, -0.2) is 0 Å². The lowest BCUT2D eigenvalue weighted by Gasteiger charge is -2.30. The Kier molecular flexibility index (Phi) is 4.54. The van der Waals surface area contributed by atoms with Crippen LogP contribution < -0.4 is 5.32 Å². The van der Waals surface area contributed by atoms with Crippen LogP contribution in [-0.4, -0.2) is 34.4 Å². The van der Waals surface area contributed by atoms with Gasteiger partial charge < -0.3 is 10.2 Å². The Bertz CT molecular complexity index is 208. The second kappa shape index (κ2) is 5.47. The van der Waals surface area contributed by atoms with Crippen molar-refractivity contribution < 1.29 is 15.0 Å². The largest absolute Gasteiger partial charge is 0.480 e. The van der Waals surface area contributed by atoms with E-state index in [2.05, 4.69) is 5.32 Å². The summed E-state index contributed by atoms with van der Waals surface area (Å²) >= 11 is 0. The molecule has 0 aliphatic heterocycles. The highest BCUT2D eigenvalue weighted by atomic mass is 16.4. The van der Waals surface area contributed by atoms with Crippen molar-refractivity contribution >= 4 is 5.97 Å². The van der Waals surface area contributed by atoms with Gasteiger partial charge in [0.2, 0.25) is 0 Å². The average Bonchev–Trinajstić information content (AvgIpc) is 2.40. The Morgan fingerprint density at radius 3 is 2.27 bits per heavy atom. The third-order valence-electron chi connectivity index (χ3n) is 3.10. The zero-order valence-corrected chi connectivity index (χ0v) is 9.33. The van der Waals surface area contributed by atoms with Gasteiger partial charge in [-0.2, -0.15) is 0 Å². The topological polar surface area (TPSA) is 69.6 Å². The number of carboxylic acid groups (broad SMARTS) is 1. The van der Waals surface area contributed by atoms with Crippen LogP contribution in [-0.2, 0) is 4.79 Å². The van der Waals surface area contributed by atoms with Gasteiger partial charge in [0.05, 0.1) is 6.10 Å². The lowest BCUT2D eigenvalue weighted by molar-refractivity contribution is -0.145. The quantitative estimate of drug-likeness (QED) is 0.615. The average molecular weight is 215 g/mol. The summed E-state index contributed by atoms with van der Waals surface area (Å²) in [5, 5.41) is 21.5. The van der Waals surface area contributed by atoms with Crippen molar-refractivity contribution in [1.29, 1.82) is 0 Å². The highest BCUT2D eigenvalue weighted by Gasteiger charge is 2.38. The molecule has 1 aliphatic carbocycles. The molecular formula is C11H21NO3. The van der Waals surface area contributed by atoms with Crippen LogP contribution in [0.5, 0.6) is 0 Å². The predicted molar refractivity (Wildman–Crippen MR) is 57.8 cm³/mol. The number of aliphatic hydroxyl groups excluding tert-OH is 1. The van der Waals surface area contributed by atoms with Gasteiger partial charge >= 0.3 is 5.97 Å². The predicted octanol–water partition coefficient (Wildman–Crippen LogP) is 1.13. The van der Waals surface area contributed by atoms with Crippen LogP contribution >= 0.6 is 0 Å². The summed E-state index contributed by atoms with van der Waals surface area (Å²) in [5.74, 6) is -0.773. The van der Waals surface area contributed by atoms with Crippen LogP contribution in [0, 0.1) is 0 Å².